The molecule has 1 aromatic heterocycles. The maximum absolute atomic E-state index is 12.8. The number of aryl methyl sites for hydroxylation is 3. The van der Waals surface area contributed by atoms with Crippen molar-refractivity contribution in [3.05, 3.63) is 44.9 Å². The minimum atomic E-state index is -0.0419. The third kappa shape index (κ3) is 3.11. The maximum Gasteiger partial charge on any atom is 0.254 e. The lowest BCUT2D eigenvalue weighted by Crippen LogP contribution is -2.30. The van der Waals surface area contributed by atoms with Gasteiger partial charge in [0.15, 0.2) is 0 Å². The predicted octanol–water partition coefficient (Wildman–Crippen LogP) is 3.92. The molecule has 1 amide bonds. The number of hydrogen-bond acceptors (Lipinski definition) is 4. The molecule has 5 heteroatoms. The first-order chi connectivity index (χ1) is 11.0. The van der Waals surface area contributed by atoms with Crippen molar-refractivity contribution < 1.29 is 9.53 Å². The van der Waals surface area contributed by atoms with E-state index in [9.17, 15) is 4.79 Å². The first-order valence-corrected chi connectivity index (χ1v) is 8.76. The molecule has 0 N–H and O–H groups in total. The summed E-state index contributed by atoms with van der Waals surface area (Å²) in [5, 5.41) is 1.04. The summed E-state index contributed by atoms with van der Waals surface area (Å²) in [5.74, 6) is 0.936. The Morgan fingerprint density at radius 3 is 2.87 bits per heavy atom. The van der Waals surface area contributed by atoms with Crippen LogP contribution in [0.3, 0.4) is 0 Å². The lowest BCUT2D eigenvalue weighted by molar-refractivity contribution is 0.0739. The molecular formula is C18H22N2O2S. The van der Waals surface area contributed by atoms with Gasteiger partial charge in [-0.3, -0.25) is 4.79 Å². The van der Waals surface area contributed by atoms with Crippen molar-refractivity contribution in [2.24, 2.45) is 0 Å². The molecule has 0 fully saturated rings. The topological polar surface area (TPSA) is 42.4 Å². The molecule has 0 saturated carbocycles. The summed E-state index contributed by atoms with van der Waals surface area (Å²) in [7, 11) is 1.84. The third-order valence-corrected chi connectivity index (χ3v) is 5.29. The van der Waals surface area contributed by atoms with Gasteiger partial charge in [-0.2, -0.15) is 0 Å². The van der Waals surface area contributed by atoms with Crippen molar-refractivity contribution >= 4 is 17.2 Å². The Balaban J connectivity index is 1.83. The van der Waals surface area contributed by atoms with Gasteiger partial charge in [-0.25, -0.2) is 4.98 Å². The van der Waals surface area contributed by atoms with Gasteiger partial charge in [0.05, 0.1) is 23.4 Å². The molecule has 1 atom stereocenters. The van der Waals surface area contributed by atoms with Crippen molar-refractivity contribution in [1.29, 1.82) is 0 Å². The van der Waals surface area contributed by atoms with Gasteiger partial charge in [0.2, 0.25) is 0 Å². The van der Waals surface area contributed by atoms with E-state index in [1.54, 1.807) is 16.2 Å². The molecule has 0 radical (unpaired) electrons. The molecule has 0 aliphatic carbocycles. The number of aromatic nitrogens is 1. The highest BCUT2D eigenvalue weighted by molar-refractivity contribution is 7.11. The summed E-state index contributed by atoms with van der Waals surface area (Å²) in [6.45, 7) is 6.85. The summed E-state index contributed by atoms with van der Waals surface area (Å²) in [5.41, 5.74) is 2.83. The molecule has 0 bridgehead atoms. The lowest BCUT2D eigenvalue weighted by atomic mass is 10.0. The smallest absolute Gasteiger partial charge is 0.254 e. The SMILES string of the molecule is Cc1nc([C@@H](C)N(C)C(=O)c2ccc3c(c2)CCCO3)c(C)s1. The molecule has 1 aliphatic heterocycles. The van der Waals surface area contributed by atoms with E-state index < -0.39 is 0 Å². The van der Waals surface area contributed by atoms with E-state index in [-0.39, 0.29) is 11.9 Å². The van der Waals surface area contributed by atoms with E-state index in [1.165, 1.54) is 4.88 Å². The number of ether oxygens (including phenoxy) is 1. The Morgan fingerprint density at radius 1 is 1.39 bits per heavy atom. The Morgan fingerprint density at radius 2 is 2.17 bits per heavy atom. The first-order valence-electron chi connectivity index (χ1n) is 7.94. The van der Waals surface area contributed by atoms with Gasteiger partial charge in [-0.15, -0.1) is 11.3 Å². The Bertz CT molecular complexity index is 739. The number of amides is 1. The van der Waals surface area contributed by atoms with Crippen LogP contribution in [0.4, 0.5) is 0 Å². The molecule has 0 spiro atoms. The molecule has 0 unspecified atom stereocenters. The van der Waals surface area contributed by atoms with Gasteiger partial charge in [0.25, 0.3) is 5.91 Å². The van der Waals surface area contributed by atoms with E-state index in [4.69, 9.17) is 4.74 Å². The molecule has 3 rings (SSSR count). The van der Waals surface area contributed by atoms with Gasteiger partial charge in [0, 0.05) is 17.5 Å². The first kappa shape index (κ1) is 16.0. The number of fused-ring (bicyclic) bond motifs is 1. The van der Waals surface area contributed by atoms with Crippen molar-refractivity contribution in [2.75, 3.05) is 13.7 Å². The fourth-order valence-corrected chi connectivity index (χ4v) is 3.90. The monoisotopic (exact) mass is 330 g/mol. The molecule has 122 valence electrons. The van der Waals surface area contributed by atoms with Crippen LogP contribution < -0.4 is 4.74 Å². The number of carbonyl (C=O) groups excluding carboxylic acids is 1. The van der Waals surface area contributed by atoms with Crippen molar-refractivity contribution in [3.63, 3.8) is 0 Å². The zero-order valence-corrected chi connectivity index (χ0v) is 14.9. The normalized spacial score (nSPS) is 14.8. The van der Waals surface area contributed by atoms with Gasteiger partial charge in [-0.1, -0.05) is 0 Å². The fourth-order valence-electron chi connectivity index (χ4n) is 2.99. The van der Waals surface area contributed by atoms with Crippen LogP contribution in [0.1, 0.15) is 50.9 Å². The van der Waals surface area contributed by atoms with Crippen molar-refractivity contribution in [1.82, 2.24) is 9.88 Å². The molecule has 0 saturated heterocycles. The molecule has 1 aromatic carbocycles. The number of hydrogen-bond donors (Lipinski definition) is 0. The maximum atomic E-state index is 12.8. The highest BCUT2D eigenvalue weighted by atomic mass is 32.1. The van der Waals surface area contributed by atoms with Crippen molar-refractivity contribution in [3.8, 4) is 5.75 Å². The molecule has 4 nitrogen and oxygen atoms in total. The zero-order chi connectivity index (χ0) is 16.6. The van der Waals surface area contributed by atoms with Gasteiger partial charge >= 0.3 is 0 Å². The Labute approximate surface area is 141 Å². The van der Waals surface area contributed by atoms with Crippen LogP contribution in [0.25, 0.3) is 0 Å². The van der Waals surface area contributed by atoms with E-state index in [1.807, 2.05) is 39.1 Å². The highest BCUT2D eigenvalue weighted by Crippen LogP contribution is 2.29. The second-order valence-electron chi connectivity index (χ2n) is 6.04. The minimum absolute atomic E-state index is 0.0240. The molecular weight excluding hydrogens is 308 g/mol. The second kappa shape index (κ2) is 6.32. The van der Waals surface area contributed by atoms with E-state index in [0.29, 0.717) is 5.56 Å². The molecule has 1 aliphatic rings. The van der Waals surface area contributed by atoms with Gasteiger partial charge < -0.3 is 9.64 Å². The standard InChI is InChI=1S/C18H22N2O2S/c1-11(17-12(2)23-13(3)19-17)20(4)18(21)15-7-8-16-14(10-15)6-5-9-22-16/h7-8,10-11H,5-6,9H2,1-4H3/t11-/m1/s1. The summed E-state index contributed by atoms with van der Waals surface area (Å²) in [6, 6.07) is 5.70. The molecule has 2 aromatic rings. The van der Waals surface area contributed by atoms with Crippen molar-refractivity contribution in [2.45, 2.75) is 39.7 Å². The number of nitrogens with zero attached hydrogens (tertiary/aromatic N) is 2. The highest BCUT2D eigenvalue weighted by Gasteiger charge is 2.23. The Kier molecular flexibility index (Phi) is 4.39. The van der Waals surface area contributed by atoms with Crippen LogP contribution in [-0.2, 0) is 6.42 Å². The lowest BCUT2D eigenvalue weighted by Gasteiger charge is -2.25. The number of carbonyl (C=O) groups is 1. The van der Waals surface area contributed by atoms with E-state index in [0.717, 1.165) is 41.5 Å². The number of benzene rings is 1. The van der Waals surface area contributed by atoms with Gasteiger partial charge in [0.1, 0.15) is 5.75 Å². The fraction of sp³-hybridized carbons (Fsp3) is 0.444. The minimum Gasteiger partial charge on any atom is -0.493 e. The largest absolute Gasteiger partial charge is 0.493 e. The Hall–Kier alpha value is -1.88. The van der Waals surface area contributed by atoms with Crippen LogP contribution in [0, 0.1) is 13.8 Å². The van der Waals surface area contributed by atoms with Crippen LogP contribution in [0.15, 0.2) is 18.2 Å². The summed E-state index contributed by atoms with van der Waals surface area (Å²) in [4.78, 5) is 20.4. The second-order valence-corrected chi connectivity index (χ2v) is 7.45. The van der Waals surface area contributed by atoms with Crippen LogP contribution in [0.2, 0.25) is 0 Å². The zero-order valence-electron chi connectivity index (χ0n) is 14.0. The average Bonchev–Trinajstić information content (AvgIpc) is 2.90. The molecule has 2 heterocycles. The number of thiazole rings is 1. The summed E-state index contributed by atoms with van der Waals surface area (Å²) >= 11 is 1.68. The quantitative estimate of drug-likeness (QED) is 0.856. The summed E-state index contributed by atoms with van der Waals surface area (Å²) < 4.78 is 5.62. The van der Waals surface area contributed by atoms with Gasteiger partial charge in [-0.05, 0) is 57.4 Å². The van der Waals surface area contributed by atoms with E-state index >= 15 is 0 Å². The van der Waals surface area contributed by atoms with Crippen LogP contribution >= 0.6 is 11.3 Å². The number of rotatable bonds is 3. The average molecular weight is 330 g/mol. The molecule has 23 heavy (non-hydrogen) atoms. The van der Waals surface area contributed by atoms with Crippen LogP contribution in [-0.4, -0.2) is 29.4 Å². The van der Waals surface area contributed by atoms with Crippen LogP contribution in [0.5, 0.6) is 5.75 Å². The summed E-state index contributed by atoms with van der Waals surface area (Å²) in [6.07, 6.45) is 1.98. The van der Waals surface area contributed by atoms with E-state index in [2.05, 4.69) is 11.9 Å². The predicted molar refractivity (Wildman–Crippen MR) is 92.4 cm³/mol. The third-order valence-electron chi connectivity index (χ3n) is 4.39.